The van der Waals surface area contributed by atoms with Gasteiger partial charge >= 0.3 is 12.0 Å². The van der Waals surface area contributed by atoms with E-state index in [-0.39, 0.29) is 6.03 Å². The number of nitrogens with one attached hydrogen (secondary N) is 2. The Balaban J connectivity index is 2.34. The van der Waals surface area contributed by atoms with Crippen LogP contribution >= 0.6 is 11.8 Å². The van der Waals surface area contributed by atoms with E-state index in [9.17, 15) is 9.59 Å². The summed E-state index contributed by atoms with van der Waals surface area (Å²) in [6.45, 7) is 0.520. The van der Waals surface area contributed by atoms with Crippen molar-refractivity contribution in [1.29, 1.82) is 0 Å². The molecular formula is C15H22N2O3S. The standard InChI is InChI=1S/C15H22N2O3S/c1-20-14(18)13(9-11-21-2)17-15(19)16-10-8-12-6-4-3-5-7-12/h3-7,13H,8-11H2,1-2H3,(H2,16,17,19). The van der Waals surface area contributed by atoms with Gasteiger partial charge in [0.1, 0.15) is 6.04 Å². The molecule has 0 fully saturated rings. The molecule has 0 saturated heterocycles. The zero-order chi connectivity index (χ0) is 15.5. The summed E-state index contributed by atoms with van der Waals surface area (Å²) in [6.07, 6.45) is 3.26. The molecule has 0 aliphatic rings. The smallest absolute Gasteiger partial charge is 0.328 e. The summed E-state index contributed by atoms with van der Waals surface area (Å²) in [4.78, 5) is 23.4. The number of esters is 1. The lowest BCUT2D eigenvalue weighted by Gasteiger charge is -2.16. The highest BCUT2D eigenvalue weighted by atomic mass is 32.2. The molecule has 1 atom stereocenters. The molecular weight excluding hydrogens is 288 g/mol. The monoisotopic (exact) mass is 310 g/mol. The van der Waals surface area contributed by atoms with Crippen molar-refractivity contribution in [2.24, 2.45) is 0 Å². The van der Waals surface area contributed by atoms with Gasteiger partial charge in [-0.2, -0.15) is 11.8 Å². The van der Waals surface area contributed by atoms with E-state index in [1.54, 1.807) is 11.8 Å². The molecule has 0 saturated carbocycles. The van der Waals surface area contributed by atoms with Gasteiger partial charge in [-0.1, -0.05) is 30.3 Å². The second-order valence-corrected chi connectivity index (χ2v) is 5.48. The van der Waals surface area contributed by atoms with E-state index in [2.05, 4.69) is 10.6 Å². The van der Waals surface area contributed by atoms with E-state index in [1.807, 2.05) is 36.6 Å². The number of rotatable bonds is 8. The maximum absolute atomic E-state index is 11.8. The van der Waals surface area contributed by atoms with Gasteiger partial charge in [-0.15, -0.1) is 0 Å². The van der Waals surface area contributed by atoms with Gasteiger partial charge in [0.25, 0.3) is 0 Å². The van der Waals surface area contributed by atoms with Gasteiger partial charge in [0.2, 0.25) is 0 Å². The van der Waals surface area contributed by atoms with Crippen molar-refractivity contribution in [3.8, 4) is 0 Å². The quantitative estimate of drug-likeness (QED) is 0.719. The summed E-state index contributed by atoms with van der Waals surface area (Å²) in [5.41, 5.74) is 1.16. The molecule has 1 aromatic carbocycles. The van der Waals surface area contributed by atoms with Crippen molar-refractivity contribution in [2.45, 2.75) is 18.9 Å². The molecule has 1 aromatic rings. The average Bonchev–Trinajstić information content (AvgIpc) is 2.51. The Bertz CT molecular complexity index is 440. The zero-order valence-corrected chi connectivity index (χ0v) is 13.2. The molecule has 0 radical (unpaired) electrons. The molecule has 0 heterocycles. The van der Waals surface area contributed by atoms with Crippen LogP contribution in [0, 0.1) is 0 Å². The van der Waals surface area contributed by atoms with Crippen LogP contribution in [0.2, 0.25) is 0 Å². The Morgan fingerprint density at radius 2 is 2.00 bits per heavy atom. The highest BCUT2D eigenvalue weighted by Gasteiger charge is 2.20. The zero-order valence-electron chi connectivity index (χ0n) is 12.4. The first-order valence-electron chi connectivity index (χ1n) is 6.82. The maximum Gasteiger partial charge on any atom is 0.328 e. The summed E-state index contributed by atoms with van der Waals surface area (Å²) in [6, 6.07) is 8.96. The fourth-order valence-electron chi connectivity index (χ4n) is 1.80. The number of hydrogen-bond acceptors (Lipinski definition) is 4. The molecule has 6 heteroatoms. The second kappa shape index (κ2) is 10.1. The van der Waals surface area contributed by atoms with Crippen molar-refractivity contribution in [3.63, 3.8) is 0 Å². The first-order chi connectivity index (χ1) is 10.2. The van der Waals surface area contributed by atoms with E-state index in [0.717, 1.165) is 17.7 Å². The van der Waals surface area contributed by atoms with Gasteiger partial charge in [0.05, 0.1) is 7.11 Å². The first-order valence-corrected chi connectivity index (χ1v) is 8.21. The molecule has 0 aromatic heterocycles. The maximum atomic E-state index is 11.8. The van der Waals surface area contributed by atoms with E-state index in [4.69, 9.17) is 4.74 Å². The van der Waals surface area contributed by atoms with Crippen molar-refractivity contribution in [1.82, 2.24) is 10.6 Å². The Hall–Kier alpha value is -1.69. The van der Waals surface area contributed by atoms with Crippen LogP contribution in [0.5, 0.6) is 0 Å². The fourth-order valence-corrected chi connectivity index (χ4v) is 2.27. The minimum Gasteiger partial charge on any atom is -0.467 e. The fraction of sp³-hybridized carbons (Fsp3) is 0.467. The summed E-state index contributed by atoms with van der Waals surface area (Å²) in [7, 11) is 1.32. The predicted octanol–water partition coefficient (Wildman–Crippen LogP) is 1.82. The van der Waals surface area contributed by atoms with Crippen molar-refractivity contribution in [3.05, 3.63) is 35.9 Å². The van der Waals surface area contributed by atoms with Gasteiger partial charge in [0.15, 0.2) is 0 Å². The number of urea groups is 1. The van der Waals surface area contributed by atoms with Crippen LogP contribution in [0.3, 0.4) is 0 Å². The molecule has 2 amide bonds. The molecule has 1 rings (SSSR count). The third kappa shape index (κ3) is 7.04. The number of hydrogen-bond donors (Lipinski definition) is 2. The number of ether oxygens (including phenoxy) is 1. The van der Waals surface area contributed by atoms with Crippen LogP contribution in [-0.2, 0) is 16.0 Å². The Kier molecular flexibility index (Phi) is 8.35. The molecule has 5 nitrogen and oxygen atoms in total. The summed E-state index contributed by atoms with van der Waals surface area (Å²) in [5, 5.41) is 5.40. The SMILES string of the molecule is COC(=O)C(CCSC)NC(=O)NCCc1ccccc1. The minimum atomic E-state index is -0.598. The molecule has 116 valence electrons. The first kappa shape index (κ1) is 17.4. The van der Waals surface area contributed by atoms with E-state index < -0.39 is 12.0 Å². The molecule has 0 aliphatic carbocycles. The predicted molar refractivity (Wildman–Crippen MR) is 85.5 cm³/mol. The lowest BCUT2D eigenvalue weighted by atomic mass is 10.1. The van der Waals surface area contributed by atoms with Gasteiger partial charge in [0, 0.05) is 6.54 Å². The highest BCUT2D eigenvalue weighted by Crippen LogP contribution is 2.02. The third-order valence-corrected chi connectivity index (χ3v) is 3.59. The summed E-state index contributed by atoms with van der Waals surface area (Å²) >= 11 is 1.62. The van der Waals surface area contributed by atoms with Gasteiger partial charge in [-0.05, 0) is 30.4 Å². The molecule has 0 spiro atoms. The highest BCUT2D eigenvalue weighted by molar-refractivity contribution is 7.98. The number of benzene rings is 1. The van der Waals surface area contributed by atoms with E-state index in [1.165, 1.54) is 7.11 Å². The molecule has 21 heavy (non-hydrogen) atoms. The van der Waals surface area contributed by atoms with Gasteiger partial charge in [-0.25, -0.2) is 9.59 Å². The van der Waals surface area contributed by atoms with Crippen LogP contribution in [0.15, 0.2) is 30.3 Å². The van der Waals surface area contributed by atoms with Crippen LogP contribution in [0.4, 0.5) is 4.79 Å². The van der Waals surface area contributed by atoms with Crippen LogP contribution in [0.25, 0.3) is 0 Å². The summed E-state index contributed by atoms with van der Waals surface area (Å²) in [5.74, 6) is 0.367. The number of amides is 2. The molecule has 0 bridgehead atoms. The van der Waals surface area contributed by atoms with Crippen LogP contribution < -0.4 is 10.6 Å². The molecule has 1 unspecified atom stereocenters. The molecule has 2 N–H and O–H groups in total. The van der Waals surface area contributed by atoms with Crippen LogP contribution in [-0.4, -0.2) is 43.7 Å². The molecule has 0 aliphatic heterocycles. The van der Waals surface area contributed by atoms with E-state index in [0.29, 0.717) is 13.0 Å². The Morgan fingerprint density at radius 1 is 1.29 bits per heavy atom. The van der Waals surface area contributed by atoms with Gasteiger partial charge in [-0.3, -0.25) is 0 Å². The van der Waals surface area contributed by atoms with E-state index >= 15 is 0 Å². The Morgan fingerprint density at radius 3 is 2.62 bits per heavy atom. The van der Waals surface area contributed by atoms with Crippen molar-refractivity contribution >= 4 is 23.8 Å². The van der Waals surface area contributed by atoms with Gasteiger partial charge < -0.3 is 15.4 Å². The third-order valence-electron chi connectivity index (χ3n) is 2.94. The Labute approximate surface area is 129 Å². The summed E-state index contributed by atoms with van der Waals surface area (Å²) < 4.78 is 4.69. The second-order valence-electron chi connectivity index (χ2n) is 4.49. The topological polar surface area (TPSA) is 67.4 Å². The number of methoxy groups -OCH3 is 1. The average molecular weight is 310 g/mol. The number of carbonyl (C=O) groups excluding carboxylic acids is 2. The largest absolute Gasteiger partial charge is 0.467 e. The normalized spacial score (nSPS) is 11.5. The van der Waals surface area contributed by atoms with Crippen LogP contribution in [0.1, 0.15) is 12.0 Å². The van der Waals surface area contributed by atoms with Crippen molar-refractivity contribution in [2.75, 3.05) is 25.7 Å². The van der Waals surface area contributed by atoms with Crippen molar-refractivity contribution < 1.29 is 14.3 Å². The number of carbonyl (C=O) groups is 2. The lowest BCUT2D eigenvalue weighted by Crippen LogP contribution is -2.47. The number of thioether (sulfide) groups is 1. The minimum absolute atomic E-state index is 0.345. The lowest BCUT2D eigenvalue weighted by molar-refractivity contribution is -0.142.